The minimum Gasteiger partial charge on any atom is -0.282 e. The second-order valence-corrected chi connectivity index (χ2v) is 6.25. The third-order valence-electron chi connectivity index (χ3n) is 2.88. The zero-order chi connectivity index (χ0) is 16.3. The lowest BCUT2D eigenvalue weighted by Gasteiger charge is -2.09. The molecular weight excluding hydrogens is 293 g/mol. The lowest BCUT2D eigenvalue weighted by molar-refractivity contribution is 0.0227. The van der Waals surface area contributed by atoms with Crippen molar-refractivity contribution in [2.45, 2.75) is 51.3 Å². The van der Waals surface area contributed by atoms with Gasteiger partial charge in [-0.25, -0.2) is 0 Å². The summed E-state index contributed by atoms with van der Waals surface area (Å²) in [6, 6.07) is 6.27. The molecule has 0 aliphatic heterocycles. The smallest absolute Gasteiger partial charge is 0.282 e. The number of hydrogen-bond acceptors (Lipinski definition) is 3. The fourth-order valence-corrected chi connectivity index (χ4v) is 2.34. The standard InChI is InChI=1S/C8H18FN.C7H8O3S/c1-3-5-7-10(9)8-6-4-2;1-6-4-2-3-5-7(6)11(8,9)10/h3-8H2,1-2H3;2-5H,1H3,(H,8,9,10). The maximum Gasteiger partial charge on any atom is 0.294 e. The maximum absolute atomic E-state index is 12.6. The highest BCUT2D eigenvalue weighted by atomic mass is 32.2. The number of aryl methyl sites for hydroxylation is 1. The molecule has 0 heterocycles. The van der Waals surface area contributed by atoms with E-state index in [1.165, 1.54) is 6.07 Å². The van der Waals surface area contributed by atoms with Crippen LogP contribution in [-0.4, -0.2) is 31.2 Å². The van der Waals surface area contributed by atoms with Crippen molar-refractivity contribution < 1.29 is 17.5 Å². The Kier molecular flexibility index (Phi) is 10.2. The first kappa shape index (κ1) is 20.0. The summed E-state index contributed by atoms with van der Waals surface area (Å²) in [7, 11) is -4.03. The molecule has 0 aromatic heterocycles. The molecule has 0 bridgehead atoms. The van der Waals surface area contributed by atoms with E-state index in [1.807, 2.05) is 0 Å². The van der Waals surface area contributed by atoms with Crippen LogP contribution in [-0.2, 0) is 10.1 Å². The van der Waals surface area contributed by atoms with E-state index in [0.29, 0.717) is 18.7 Å². The molecular formula is C15H26FNO3S. The van der Waals surface area contributed by atoms with Gasteiger partial charge in [-0.05, 0) is 31.4 Å². The van der Waals surface area contributed by atoms with Crippen LogP contribution >= 0.6 is 0 Å². The Hall–Kier alpha value is -0.980. The van der Waals surface area contributed by atoms with E-state index in [-0.39, 0.29) is 4.90 Å². The Morgan fingerprint density at radius 1 is 1.10 bits per heavy atom. The van der Waals surface area contributed by atoms with Crippen molar-refractivity contribution in [3.8, 4) is 0 Å². The van der Waals surface area contributed by atoms with Crippen LogP contribution in [0.15, 0.2) is 29.2 Å². The molecule has 0 saturated carbocycles. The molecule has 0 fully saturated rings. The van der Waals surface area contributed by atoms with Crippen LogP contribution in [0.4, 0.5) is 4.48 Å². The molecule has 0 amide bonds. The van der Waals surface area contributed by atoms with Crippen molar-refractivity contribution >= 4 is 10.1 Å². The van der Waals surface area contributed by atoms with Crippen LogP contribution in [0.2, 0.25) is 0 Å². The van der Waals surface area contributed by atoms with Crippen LogP contribution in [0.5, 0.6) is 0 Å². The van der Waals surface area contributed by atoms with E-state index < -0.39 is 10.1 Å². The molecule has 0 saturated heterocycles. The molecule has 0 aliphatic carbocycles. The van der Waals surface area contributed by atoms with Gasteiger partial charge in [0.05, 0.1) is 4.90 Å². The molecule has 0 radical (unpaired) electrons. The normalized spacial score (nSPS) is 11.1. The Morgan fingerprint density at radius 2 is 1.57 bits per heavy atom. The Labute approximate surface area is 127 Å². The molecule has 4 nitrogen and oxygen atoms in total. The molecule has 1 N–H and O–H groups in total. The molecule has 1 aromatic rings. The third kappa shape index (κ3) is 9.55. The van der Waals surface area contributed by atoms with Crippen LogP contribution in [0, 0.1) is 6.92 Å². The minimum atomic E-state index is -4.03. The molecule has 1 aromatic carbocycles. The van der Waals surface area contributed by atoms with Crippen LogP contribution < -0.4 is 0 Å². The average molecular weight is 319 g/mol. The SMILES string of the molecule is CCCCN(F)CCCC.Cc1ccccc1S(=O)(=O)O. The van der Waals surface area contributed by atoms with Crippen LogP contribution in [0.1, 0.15) is 45.1 Å². The molecule has 21 heavy (non-hydrogen) atoms. The van der Waals surface area contributed by atoms with Gasteiger partial charge in [0, 0.05) is 13.1 Å². The number of unbranched alkanes of at least 4 members (excludes halogenated alkanes) is 2. The summed E-state index contributed by atoms with van der Waals surface area (Å²) < 4.78 is 42.5. The van der Waals surface area contributed by atoms with Gasteiger partial charge in [0.15, 0.2) is 0 Å². The zero-order valence-corrected chi connectivity index (χ0v) is 13.9. The highest BCUT2D eigenvalue weighted by Gasteiger charge is 2.10. The number of halogens is 1. The van der Waals surface area contributed by atoms with Crippen molar-refractivity contribution in [2.75, 3.05) is 13.1 Å². The van der Waals surface area contributed by atoms with Crippen molar-refractivity contribution in [3.05, 3.63) is 29.8 Å². The van der Waals surface area contributed by atoms with Crippen molar-refractivity contribution in [3.63, 3.8) is 0 Å². The fraction of sp³-hybridized carbons (Fsp3) is 0.600. The summed E-state index contributed by atoms with van der Waals surface area (Å²) in [5, 5.41) is 0.924. The highest BCUT2D eigenvalue weighted by Crippen LogP contribution is 2.12. The second kappa shape index (κ2) is 10.7. The lowest BCUT2D eigenvalue weighted by atomic mass is 10.2. The van der Waals surface area contributed by atoms with E-state index in [0.717, 1.165) is 30.8 Å². The van der Waals surface area contributed by atoms with Gasteiger partial charge < -0.3 is 0 Å². The van der Waals surface area contributed by atoms with Gasteiger partial charge in [-0.2, -0.15) is 8.42 Å². The number of hydrogen-bond donors (Lipinski definition) is 1. The van der Waals surface area contributed by atoms with Crippen LogP contribution in [0.25, 0.3) is 0 Å². The van der Waals surface area contributed by atoms with E-state index in [9.17, 15) is 12.9 Å². The summed E-state index contributed by atoms with van der Waals surface area (Å²) in [6.45, 7) is 7.00. The number of nitrogens with zero attached hydrogens (tertiary/aromatic N) is 1. The van der Waals surface area contributed by atoms with Gasteiger partial charge in [-0.15, -0.1) is 9.60 Å². The van der Waals surface area contributed by atoms with E-state index in [2.05, 4.69) is 13.8 Å². The van der Waals surface area contributed by atoms with E-state index in [1.54, 1.807) is 25.1 Å². The first-order chi connectivity index (χ1) is 9.82. The molecule has 6 heteroatoms. The molecule has 0 spiro atoms. The van der Waals surface area contributed by atoms with Gasteiger partial charge >= 0.3 is 0 Å². The van der Waals surface area contributed by atoms with Crippen molar-refractivity contribution in [1.82, 2.24) is 5.12 Å². The van der Waals surface area contributed by atoms with Gasteiger partial charge in [0.2, 0.25) is 0 Å². The molecule has 0 aliphatic rings. The van der Waals surface area contributed by atoms with E-state index >= 15 is 0 Å². The number of benzene rings is 1. The van der Waals surface area contributed by atoms with Gasteiger partial charge in [-0.3, -0.25) is 4.55 Å². The van der Waals surface area contributed by atoms with Gasteiger partial charge in [0.25, 0.3) is 10.1 Å². The largest absolute Gasteiger partial charge is 0.294 e. The Morgan fingerprint density at radius 3 is 1.90 bits per heavy atom. The quantitative estimate of drug-likeness (QED) is 0.609. The summed E-state index contributed by atoms with van der Waals surface area (Å²) in [5.74, 6) is 0. The van der Waals surface area contributed by atoms with Crippen LogP contribution in [0.3, 0.4) is 0 Å². The third-order valence-corrected chi connectivity index (χ3v) is 3.89. The molecule has 1 rings (SSSR count). The summed E-state index contributed by atoms with van der Waals surface area (Å²) >= 11 is 0. The topological polar surface area (TPSA) is 57.6 Å². The van der Waals surface area contributed by atoms with Crippen molar-refractivity contribution in [1.29, 1.82) is 0 Å². The summed E-state index contributed by atoms with van der Waals surface area (Å²) in [4.78, 5) is -0.0278. The predicted octanol–water partition coefficient (Wildman–Crippen LogP) is 4.01. The maximum atomic E-state index is 12.6. The number of rotatable bonds is 7. The van der Waals surface area contributed by atoms with E-state index in [4.69, 9.17) is 4.55 Å². The summed E-state index contributed by atoms with van der Waals surface area (Å²) in [6.07, 6.45) is 4.10. The molecule has 0 unspecified atom stereocenters. The van der Waals surface area contributed by atoms with Gasteiger partial charge in [-0.1, -0.05) is 44.9 Å². The second-order valence-electron chi connectivity index (χ2n) is 4.86. The van der Waals surface area contributed by atoms with Gasteiger partial charge in [0.1, 0.15) is 0 Å². The first-order valence-corrected chi connectivity index (χ1v) is 8.70. The lowest BCUT2D eigenvalue weighted by Crippen LogP contribution is -2.15. The fourth-order valence-electron chi connectivity index (χ4n) is 1.62. The van der Waals surface area contributed by atoms with Crippen molar-refractivity contribution in [2.24, 2.45) is 0 Å². The molecule has 0 atom stereocenters. The predicted molar refractivity (Wildman–Crippen MR) is 83.5 cm³/mol. The first-order valence-electron chi connectivity index (χ1n) is 7.26. The minimum absolute atomic E-state index is 0.0278. The summed E-state index contributed by atoms with van der Waals surface area (Å²) in [5.41, 5.74) is 0.551. The average Bonchev–Trinajstić information content (AvgIpc) is 2.42. The monoisotopic (exact) mass is 319 g/mol. The zero-order valence-electron chi connectivity index (χ0n) is 13.0. The highest BCUT2D eigenvalue weighted by molar-refractivity contribution is 7.85. The Bertz CT molecular complexity index is 483. The molecule has 122 valence electrons. The Balaban J connectivity index is 0.000000384.